The Morgan fingerprint density at radius 2 is 2.39 bits per heavy atom. The molecule has 0 spiro atoms. The van der Waals surface area contributed by atoms with E-state index in [9.17, 15) is 0 Å². The third-order valence-corrected chi connectivity index (χ3v) is 3.49. The Morgan fingerprint density at radius 3 is 2.94 bits per heavy atom. The molecule has 0 saturated carbocycles. The Kier molecular flexibility index (Phi) is 4.72. The molecule has 0 radical (unpaired) electrons. The first kappa shape index (κ1) is 13.5. The van der Waals surface area contributed by atoms with Crippen LogP contribution >= 0.6 is 0 Å². The summed E-state index contributed by atoms with van der Waals surface area (Å²) in [7, 11) is 0. The molecule has 1 aromatic heterocycles. The van der Waals surface area contributed by atoms with Gasteiger partial charge < -0.3 is 10.1 Å². The van der Waals surface area contributed by atoms with E-state index in [0.717, 1.165) is 25.3 Å². The predicted octanol–water partition coefficient (Wildman–Crippen LogP) is 1.91. The van der Waals surface area contributed by atoms with Gasteiger partial charge in [0.15, 0.2) is 0 Å². The van der Waals surface area contributed by atoms with Gasteiger partial charge in [-0.2, -0.15) is 0 Å². The number of aromatic nitrogens is 3. The van der Waals surface area contributed by atoms with Gasteiger partial charge in [0, 0.05) is 25.2 Å². The smallest absolute Gasteiger partial charge is 0.0965 e. The van der Waals surface area contributed by atoms with Crippen molar-refractivity contribution in [3.8, 4) is 0 Å². The van der Waals surface area contributed by atoms with Gasteiger partial charge in [0.25, 0.3) is 0 Å². The minimum Gasteiger partial charge on any atom is -0.377 e. The van der Waals surface area contributed by atoms with Crippen molar-refractivity contribution < 1.29 is 4.74 Å². The SMILES string of the molecule is CC[C@@H](NCc1cn(C(C)C)nn1)[C@H]1CCCO1. The Morgan fingerprint density at radius 1 is 1.56 bits per heavy atom. The molecule has 1 fully saturated rings. The Hall–Kier alpha value is -0.940. The molecule has 5 nitrogen and oxygen atoms in total. The second kappa shape index (κ2) is 6.29. The normalized spacial score (nSPS) is 21.7. The van der Waals surface area contributed by atoms with E-state index in [1.165, 1.54) is 12.8 Å². The summed E-state index contributed by atoms with van der Waals surface area (Å²) in [6.07, 6.45) is 5.83. The van der Waals surface area contributed by atoms with E-state index in [2.05, 4.69) is 36.4 Å². The number of ether oxygens (including phenoxy) is 1. The molecule has 1 aliphatic heterocycles. The van der Waals surface area contributed by atoms with Crippen LogP contribution in [0, 0.1) is 0 Å². The zero-order chi connectivity index (χ0) is 13.0. The van der Waals surface area contributed by atoms with Crippen LogP contribution in [0.1, 0.15) is 51.8 Å². The lowest BCUT2D eigenvalue weighted by atomic mass is 10.1. The van der Waals surface area contributed by atoms with E-state index < -0.39 is 0 Å². The summed E-state index contributed by atoms with van der Waals surface area (Å²) in [6, 6.07) is 0.795. The Bertz CT molecular complexity index is 358. The molecule has 18 heavy (non-hydrogen) atoms. The highest BCUT2D eigenvalue weighted by Gasteiger charge is 2.24. The van der Waals surface area contributed by atoms with Crippen molar-refractivity contribution in [2.45, 2.75) is 64.8 Å². The Balaban J connectivity index is 1.84. The number of hydrogen-bond donors (Lipinski definition) is 1. The third-order valence-electron chi connectivity index (χ3n) is 3.49. The highest BCUT2D eigenvalue weighted by Crippen LogP contribution is 2.17. The van der Waals surface area contributed by atoms with E-state index in [0.29, 0.717) is 18.2 Å². The average molecular weight is 252 g/mol. The molecular weight excluding hydrogens is 228 g/mol. The van der Waals surface area contributed by atoms with Gasteiger partial charge >= 0.3 is 0 Å². The van der Waals surface area contributed by atoms with Crippen LogP contribution in [0.4, 0.5) is 0 Å². The second-order valence-electron chi connectivity index (χ2n) is 5.23. The molecule has 2 heterocycles. The minimum absolute atomic E-state index is 0.367. The van der Waals surface area contributed by atoms with Gasteiger partial charge in [0.05, 0.1) is 18.0 Å². The molecular formula is C13H24N4O. The molecule has 102 valence electrons. The van der Waals surface area contributed by atoms with Gasteiger partial charge in [-0.05, 0) is 33.1 Å². The van der Waals surface area contributed by atoms with E-state index in [1.54, 1.807) is 0 Å². The molecule has 5 heteroatoms. The van der Waals surface area contributed by atoms with Gasteiger partial charge in [-0.3, -0.25) is 0 Å². The molecule has 0 aliphatic carbocycles. The number of nitrogens with one attached hydrogen (secondary N) is 1. The summed E-state index contributed by atoms with van der Waals surface area (Å²) in [5.41, 5.74) is 1.00. The number of nitrogens with zero attached hydrogens (tertiary/aromatic N) is 3. The summed E-state index contributed by atoms with van der Waals surface area (Å²) in [6.45, 7) is 8.09. The molecule has 2 rings (SSSR count). The summed E-state index contributed by atoms with van der Waals surface area (Å²) in [5.74, 6) is 0. The van der Waals surface area contributed by atoms with Crippen LogP contribution in [0.2, 0.25) is 0 Å². The van der Waals surface area contributed by atoms with Crippen LogP contribution in [0.3, 0.4) is 0 Å². The second-order valence-corrected chi connectivity index (χ2v) is 5.23. The molecule has 1 aliphatic rings. The molecule has 2 atom stereocenters. The lowest BCUT2D eigenvalue weighted by molar-refractivity contribution is 0.0763. The summed E-state index contributed by atoms with van der Waals surface area (Å²) < 4.78 is 7.63. The molecule has 1 aromatic rings. The maximum atomic E-state index is 5.73. The maximum absolute atomic E-state index is 5.73. The van der Waals surface area contributed by atoms with Crippen molar-refractivity contribution in [3.63, 3.8) is 0 Å². The summed E-state index contributed by atoms with van der Waals surface area (Å²) in [5, 5.41) is 11.8. The molecule has 1 N–H and O–H groups in total. The topological polar surface area (TPSA) is 52.0 Å². The van der Waals surface area contributed by atoms with Gasteiger partial charge in [-0.25, -0.2) is 4.68 Å². The van der Waals surface area contributed by atoms with Gasteiger partial charge in [0.2, 0.25) is 0 Å². The number of hydrogen-bond acceptors (Lipinski definition) is 4. The lowest BCUT2D eigenvalue weighted by Crippen LogP contribution is -2.38. The molecule has 0 aromatic carbocycles. The summed E-state index contributed by atoms with van der Waals surface area (Å²) in [4.78, 5) is 0. The van der Waals surface area contributed by atoms with Crippen molar-refractivity contribution in [2.75, 3.05) is 6.61 Å². The average Bonchev–Trinajstić information content (AvgIpc) is 3.00. The van der Waals surface area contributed by atoms with Crippen LogP contribution in [-0.4, -0.2) is 33.7 Å². The van der Waals surface area contributed by atoms with E-state index in [4.69, 9.17) is 4.74 Å². The first-order chi connectivity index (χ1) is 8.70. The van der Waals surface area contributed by atoms with Crippen LogP contribution in [0.25, 0.3) is 0 Å². The molecule has 1 saturated heterocycles. The van der Waals surface area contributed by atoms with Crippen LogP contribution in [0.15, 0.2) is 6.20 Å². The van der Waals surface area contributed by atoms with Crippen molar-refractivity contribution in [2.24, 2.45) is 0 Å². The lowest BCUT2D eigenvalue weighted by Gasteiger charge is -2.22. The van der Waals surface area contributed by atoms with Crippen molar-refractivity contribution >= 4 is 0 Å². The zero-order valence-electron chi connectivity index (χ0n) is 11.6. The van der Waals surface area contributed by atoms with Crippen molar-refractivity contribution in [1.82, 2.24) is 20.3 Å². The largest absolute Gasteiger partial charge is 0.377 e. The first-order valence-electron chi connectivity index (χ1n) is 6.96. The fourth-order valence-corrected chi connectivity index (χ4v) is 2.34. The van der Waals surface area contributed by atoms with E-state index >= 15 is 0 Å². The summed E-state index contributed by atoms with van der Waals surface area (Å²) >= 11 is 0. The van der Waals surface area contributed by atoms with Crippen LogP contribution in [-0.2, 0) is 11.3 Å². The monoisotopic (exact) mass is 252 g/mol. The predicted molar refractivity (Wildman–Crippen MR) is 70.3 cm³/mol. The van der Waals surface area contributed by atoms with Crippen molar-refractivity contribution in [3.05, 3.63) is 11.9 Å². The number of rotatable bonds is 6. The van der Waals surface area contributed by atoms with Crippen LogP contribution in [0.5, 0.6) is 0 Å². The highest BCUT2D eigenvalue weighted by atomic mass is 16.5. The third kappa shape index (κ3) is 3.29. The zero-order valence-corrected chi connectivity index (χ0v) is 11.6. The van der Waals surface area contributed by atoms with Gasteiger partial charge in [-0.15, -0.1) is 5.10 Å². The standard InChI is InChI=1S/C13H24N4O/c1-4-12(13-6-5-7-18-13)14-8-11-9-17(10(2)3)16-15-11/h9-10,12-14H,4-8H2,1-3H3/t12-,13-/m1/s1. The maximum Gasteiger partial charge on any atom is 0.0965 e. The Labute approximate surface area is 109 Å². The van der Waals surface area contributed by atoms with Crippen LogP contribution < -0.4 is 5.32 Å². The van der Waals surface area contributed by atoms with Gasteiger partial charge in [-0.1, -0.05) is 12.1 Å². The fourth-order valence-electron chi connectivity index (χ4n) is 2.34. The minimum atomic E-state index is 0.367. The highest BCUT2D eigenvalue weighted by molar-refractivity contribution is 4.94. The quantitative estimate of drug-likeness (QED) is 0.840. The van der Waals surface area contributed by atoms with E-state index in [1.807, 2.05) is 10.9 Å². The molecule has 0 amide bonds. The van der Waals surface area contributed by atoms with Gasteiger partial charge in [0.1, 0.15) is 0 Å². The fraction of sp³-hybridized carbons (Fsp3) is 0.846. The van der Waals surface area contributed by atoms with Crippen molar-refractivity contribution in [1.29, 1.82) is 0 Å². The first-order valence-corrected chi connectivity index (χ1v) is 6.96. The van der Waals surface area contributed by atoms with E-state index in [-0.39, 0.29) is 0 Å². The molecule has 0 bridgehead atoms. The molecule has 0 unspecified atom stereocenters.